The summed E-state index contributed by atoms with van der Waals surface area (Å²) < 4.78 is 0. The Balaban J connectivity index is 1.56. The van der Waals surface area contributed by atoms with Crippen LogP contribution < -0.4 is 5.32 Å². The maximum absolute atomic E-state index is 12.3. The van der Waals surface area contributed by atoms with Crippen LogP contribution in [-0.4, -0.2) is 23.9 Å². The van der Waals surface area contributed by atoms with Gasteiger partial charge >= 0.3 is 0 Å². The molecule has 1 aromatic heterocycles. The van der Waals surface area contributed by atoms with E-state index in [0.29, 0.717) is 11.6 Å². The van der Waals surface area contributed by atoms with Gasteiger partial charge in [-0.1, -0.05) is 29.8 Å². The van der Waals surface area contributed by atoms with Crippen LogP contribution in [0.3, 0.4) is 0 Å². The molecule has 22 heavy (non-hydrogen) atoms. The van der Waals surface area contributed by atoms with Crippen LogP contribution in [0.25, 0.3) is 0 Å². The molecular formula is C17H19ClN2OS. The van der Waals surface area contributed by atoms with Gasteiger partial charge in [0.2, 0.25) is 5.91 Å². The predicted octanol–water partition coefficient (Wildman–Crippen LogP) is 3.64. The third-order valence-corrected chi connectivity index (χ3v) is 5.37. The smallest absolute Gasteiger partial charge is 0.234 e. The van der Waals surface area contributed by atoms with E-state index < -0.39 is 0 Å². The fourth-order valence-electron chi connectivity index (χ4n) is 2.84. The van der Waals surface area contributed by atoms with Gasteiger partial charge in [0.25, 0.3) is 0 Å². The van der Waals surface area contributed by atoms with Crippen LogP contribution in [0.15, 0.2) is 35.7 Å². The summed E-state index contributed by atoms with van der Waals surface area (Å²) in [5.41, 5.74) is 2.32. The molecule has 0 saturated carbocycles. The lowest BCUT2D eigenvalue weighted by Crippen LogP contribution is -2.40. The number of fused-ring (bicyclic) bond motifs is 1. The van der Waals surface area contributed by atoms with Crippen molar-refractivity contribution in [2.45, 2.75) is 25.9 Å². The highest BCUT2D eigenvalue weighted by Gasteiger charge is 2.20. The van der Waals surface area contributed by atoms with Crippen LogP contribution in [0.1, 0.15) is 29.0 Å². The molecular weight excluding hydrogens is 316 g/mol. The number of nitrogens with zero attached hydrogens (tertiary/aromatic N) is 1. The number of thiophene rings is 1. The number of hydrogen-bond acceptors (Lipinski definition) is 3. The number of carbonyl (C=O) groups excluding carboxylic acids is 1. The van der Waals surface area contributed by atoms with E-state index in [0.717, 1.165) is 25.1 Å². The van der Waals surface area contributed by atoms with Gasteiger partial charge in [0.1, 0.15) is 0 Å². The van der Waals surface area contributed by atoms with Crippen LogP contribution in [0.2, 0.25) is 5.02 Å². The summed E-state index contributed by atoms with van der Waals surface area (Å²) in [4.78, 5) is 15.9. The van der Waals surface area contributed by atoms with Crippen molar-refractivity contribution >= 4 is 28.8 Å². The van der Waals surface area contributed by atoms with E-state index in [-0.39, 0.29) is 11.9 Å². The first-order chi connectivity index (χ1) is 10.6. The lowest BCUT2D eigenvalue weighted by Gasteiger charge is -2.27. The Morgan fingerprint density at radius 1 is 1.41 bits per heavy atom. The summed E-state index contributed by atoms with van der Waals surface area (Å²) in [7, 11) is 0. The lowest BCUT2D eigenvalue weighted by atomic mass is 10.1. The predicted molar refractivity (Wildman–Crippen MR) is 91.3 cm³/mol. The first kappa shape index (κ1) is 15.5. The molecule has 1 amide bonds. The van der Waals surface area contributed by atoms with Gasteiger partial charge in [-0.25, -0.2) is 0 Å². The van der Waals surface area contributed by atoms with Crippen LogP contribution in [0.5, 0.6) is 0 Å². The molecule has 3 rings (SSSR count). The molecule has 0 aliphatic carbocycles. The van der Waals surface area contributed by atoms with Crippen molar-refractivity contribution in [3.8, 4) is 0 Å². The van der Waals surface area contributed by atoms with Crippen molar-refractivity contribution in [1.29, 1.82) is 0 Å². The molecule has 5 heteroatoms. The molecule has 1 aliphatic heterocycles. The zero-order valence-electron chi connectivity index (χ0n) is 12.5. The molecule has 0 saturated heterocycles. The molecule has 1 aromatic carbocycles. The van der Waals surface area contributed by atoms with E-state index in [4.69, 9.17) is 11.6 Å². The third-order valence-electron chi connectivity index (χ3n) is 4.00. The number of rotatable bonds is 4. The zero-order chi connectivity index (χ0) is 15.5. The van der Waals surface area contributed by atoms with Crippen molar-refractivity contribution < 1.29 is 4.79 Å². The Morgan fingerprint density at radius 3 is 3.05 bits per heavy atom. The number of halogens is 1. The van der Waals surface area contributed by atoms with Crippen molar-refractivity contribution in [2.24, 2.45) is 0 Å². The van der Waals surface area contributed by atoms with E-state index in [1.54, 1.807) is 0 Å². The molecule has 1 N–H and O–H groups in total. The Bertz CT molecular complexity index is 670. The number of amides is 1. The molecule has 0 spiro atoms. The fraction of sp³-hybridized carbons (Fsp3) is 0.353. The Labute approximate surface area is 139 Å². The fourth-order valence-corrected chi connectivity index (χ4v) is 4.03. The molecule has 0 fully saturated rings. The van der Waals surface area contributed by atoms with Gasteiger partial charge in [-0.05, 0) is 42.0 Å². The van der Waals surface area contributed by atoms with Gasteiger partial charge < -0.3 is 5.32 Å². The van der Waals surface area contributed by atoms with Crippen molar-refractivity contribution in [1.82, 2.24) is 10.2 Å². The Hall–Kier alpha value is -1.36. The average molecular weight is 335 g/mol. The highest BCUT2D eigenvalue weighted by atomic mass is 35.5. The van der Waals surface area contributed by atoms with E-state index >= 15 is 0 Å². The Kier molecular flexibility index (Phi) is 4.81. The van der Waals surface area contributed by atoms with Crippen molar-refractivity contribution in [2.75, 3.05) is 13.1 Å². The van der Waals surface area contributed by atoms with Crippen molar-refractivity contribution in [3.05, 3.63) is 56.7 Å². The van der Waals surface area contributed by atoms with Gasteiger partial charge in [-0.2, -0.15) is 0 Å². The molecule has 0 unspecified atom stereocenters. The normalized spacial score (nSPS) is 16.1. The first-order valence-corrected chi connectivity index (χ1v) is 8.70. The van der Waals surface area contributed by atoms with E-state index in [1.165, 1.54) is 10.4 Å². The number of hydrogen-bond donors (Lipinski definition) is 1. The molecule has 0 radical (unpaired) electrons. The lowest BCUT2D eigenvalue weighted by molar-refractivity contribution is -0.123. The maximum atomic E-state index is 12.3. The van der Waals surface area contributed by atoms with Gasteiger partial charge in [0.15, 0.2) is 0 Å². The number of nitrogens with one attached hydrogen (secondary N) is 1. The second-order valence-corrected chi connectivity index (χ2v) is 7.05. The quantitative estimate of drug-likeness (QED) is 0.925. The molecule has 0 bridgehead atoms. The average Bonchev–Trinajstić information content (AvgIpc) is 2.95. The summed E-state index contributed by atoms with van der Waals surface area (Å²) >= 11 is 7.99. The second kappa shape index (κ2) is 6.82. The summed E-state index contributed by atoms with van der Waals surface area (Å²) in [5.74, 6) is 0.0473. The molecule has 116 valence electrons. The second-order valence-electron chi connectivity index (χ2n) is 5.64. The maximum Gasteiger partial charge on any atom is 0.234 e. The number of carbonyl (C=O) groups is 1. The van der Waals surface area contributed by atoms with E-state index in [9.17, 15) is 4.79 Å². The minimum absolute atomic E-state index is 0.0473. The standard InChI is InChI=1S/C17H19ClN2OS/c1-12(14-4-2-3-5-15(14)18)19-17(21)11-20-8-6-16-13(10-20)7-9-22-16/h2-5,7,9,12H,6,8,10-11H2,1H3,(H,19,21)/t12-/m1/s1. The minimum atomic E-state index is -0.0808. The van der Waals surface area contributed by atoms with Gasteiger partial charge in [-0.3, -0.25) is 9.69 Å². The summed E-state index contributed by atoms with van der Waals surface area (Å²) in [5, 5.41) is 5.86. The number of benzene rings is 1. The van der Waals surface area contributed by atoms with Crippen LogP contribution in [0.4, 0.5) is 0 Å². The molecule has 1 atom stereocenters. The topological polar surface area (TPSA) is 32.3 Å². The van der Waals surface area contributed by atoms with Crippen LogP contribution in [0, 0.1) is 0 Å². The third kappa shape index (κ3) is 3.51. The summed E-state index contributed by atoms with van der Waals surface area (Å²) in [6.45, 7) is 4.21. The SMILES string of the molecule is C[C@@H](NC(=O)CN1CCc2sccc2C1)c1ccccc1Cl. The highest BCUT2D eigenvalue weighted by molar-refractivity contribution is 7.10. The van der Waals surface area contributed by atoms with Crippen molar-refractivity contribution in [3.63, 3.8) is 0 Å². The monoisotopic (exact) mass is 334 g/mol. The van der Waals surface area contributed by atoms with Crippen LogP contribution >= 0.6 is 22.9 Å². The van der Waals surface area contributed by atoms with E-state index in [2.05, 4.69) is 21.7 Å². The molecule has 2 heterocycles. The highest BCUT2D eigenvalue weighted by Crippen LogP contribution is 2.24. The Morgan fingerprint density at radius 2 is 2.23 bits per heavy atom. The van der Waals surface area contributed by atoms with Gasteiger partial charge in [0.05, 0.1) is 12.6 Å². The van der Waals surface area contributed by atoms with Crippen LogP contribution in [-0.2, 0) is 17.8 Å². The summed E-state index contributed by atoms with van der Waals surface area (Å²) in [6, 6.07) is 9.71. The van der Waals surface area contributed by atoms with Gasteiger partial charge in [-0.15, -0.1) is 11.3 Å². The van der Waals surface area contributed by atoms with E-state index in [1.807, 2.05) is 42.5 Å². The molecule has 3 nitrogen and oxygen atoms in total. The molecule has 1 aliphatic rings. The summed E-state index contributed by atoms with van der Waals surface area (Å²) in [6.07, 6.45) is 1.04. The molecule has 2 aromatic rings. The largest absolute Gasteiger partial charge is 0.348 e. The first-order valence-electron chi connectivity index (χ1n) is 7.45. The van der Waals surface area contributed by atoms with Gasteiger partial charge in [0, 0.05) is 23.0 Å². The zero-order valence-corrected chi connectivity index (χ0v) is 14.1. The minimum Gasteiger partial charge on any atom is -0.348 e.